The smallest absolute Gasteiger partial charge is 0.185 e. The van der Waals surface area contributed by atoms with Gasteiger partial charge in [0.2, 0.25) is 0 Å². The predicted molar refractivity (Wildman–Crippen MR) is 128 cm³/mol. The van der Waals surface area contributed by atoms with Gasteiger partial charge in [-0.15, -0.1) is 0 Å². The fourth-order valence-corrected chi connectivity index (χ4v) is 3.36. The molecular weight excluding hydrogens is 388 g/mol. The van der Waals surface area contributed by atoms with E-state index in [9.17, 15) is 19.8 Å². The molecule has 0 aromatic heterocycles. The van der Waals surface area contributed by atoms with Crippen molar-refractivity contribution in [1.82, 2.24) is 0 Å². The second kappa shape index (κ2) is 12.7. The summed E-state index contributed by atoms with van der Waals surface area (Å²) in [6.45, 7) is 11.2. The maximum atomic E-state index is 12.1. The SMILES string of the molecule is CC(=CCCC(C)=CCC1=CC(=O)C=C(C)C1=O)CCC=C(C)CCC(O)C(C)(C)O. The zero-order valence-electron chi connectivity index (χ0n) is 20.1. The van der Waals surface area contributed by atoms with Gasteiger partial charge in [0, 0.05) is 11.1 Å². The third kappa shape index (κ3) is 10.7. The van der Waals surface area contributed by atoms with E-state index < -0.39 is 11.7 Å². The van der Waals surface area contributed by atoms with E-state index in [0.717, 1.165) is 32.1 Å². The molecule has 172 valence electrons. The molecule has 0 radical (unpaired) electrons. The number of aliphatic hydroxyl groups is 2. The van der Waals surface area contributed by atoms with Gasteiger partial charge in [-0.2, -0.15) is 0 Å². The molecule has 1 unspecified atom stereocenters. The fraction of sp³-hybridized carbons (Fsp3) is 0.556. The quantitative estimate of drug-likeness (QED) is 0.308. The molecule has 2 N–H and O–H groups in total. The molecule has 4 nitrogen and oxygen atoms in total. The second-order valence-electron chi connectivity index (χ2n) is 9.37. The van der Waals surface area contributed by atoms with Gasteiger partial charge in [-0.25, -0.2) is 0 Å². The third-order valence-corrected chi connectivity index (χ3v) is 5.69. The van der Waals surface area contributed by atoms with Gasteiger partial charge >= 0.3 is 0 Å². The Kier molecular flexibility index (Phi) is 11.1. The minimum absolute atomic E-state index is 0.0303. The van der Waals surface area contributed by atoms with E-state index in [1.165, 1.54) is 28.9 Å². The minimum atomic E-state index is -1.05. The van der Waals surface area contributed by atoms with Crippen molar-refractivity contribution < 1.29 is 19.8 Å². The number of hydrogen-bond donors (Lipinski definition) is 2. The van der Waals surface area contributed by atoms with Crippen molar-refractivity contribution in [1.29, 1.82) is 0 Å². The highest BCUT2D eigenvalue weighted by molar-refractivity contribution is 6.20. The van der Waals surface area contributed by atoms with Gasteiger partial charge in [0.05, 0.1) is 11.7 Å². The van der Waals surface area contributed by atoms with Crippen LogP contribution in [-0.2, 0) is 9.59 Å². The van der Waals surface area contributed by atoms with E-state index in [1.54, 1.807) is 20.8 Å². The van der Waals surface area contributed by atoms with Crippen LogP contribution in [0.15, 0.2) is 58.2 Å². The normalized spacial score (nSPS) is 17.6. The van der Waals surface area contributed by atoms with Crippen molar-refractivity contribution in [3.63, 3.8) is 0 Å². The number of aliphatic hydroxyl groups excluding tert-OH is 1. The topological polar surface area (TPSA) is 74.6 Å². The summed E-state index contributed by atoms with van der Waals surface area (Å²) in [7, 11) is 0. The van der Waals surface area contributed by atoms with Gasteiger partial charge < -0.3 is 10.2 Å². The maximum Gasteiger partial charge on any atom is 0.185 e. The largest absolute Gasteiger partial charge is 0.390 e. The summed E-state index contributed by atoms with van der Waals surface area (Å²) in [6.07, 6.45) is 14.4. The molecule has 0 aromatic rings. The molecule has 0 aromatic carbocycles. The second-order valence-corrected chi connectivity index (χ2v) is 9.37. The number of ketones is 2. The summed E-state index contributed by atoms with van der Waals surface area (Å²) in [4.78, 5) is 23.7. The van der Waals surface area contributed by atoms with Crippen molar-refractivity contribution in [3.8, 4) is 0 Å². The van der Waals surface area contributed by atoms with Crippen LogP contribution in [0.5, 0.6) is 0 Å². The highest BCUT2D eigenvalue weighted by atomic mass is 16.3. The van der Waals surface area contributed by atoms with Crippen molar-refractivity contribution >= 4 is 11.6 Å². The van der Waals surface area contributed by atoms with Crippen LogP contribution in [0.4, 0.5) is 0 Å². The summed E-state index contributed by atoms with van der Waals surface area (Å²) >= 11 is 0. The Morgan fingerprint density at radius 2 is 1.45 bits per heavy atom. The first-order valence-electron chi connectivity index (χ1n) is 11.2. The number of allylic oxidation sites excluding steroid dienone is 10. The van der Waals surface area contributed by atoms with E-state index in [4.69, 9.17) is 0 Å². The lowest BCUT2D eigenvalue weighted by Gasteiger charge is -2.24. The van der Waals surface area contributed by atoms with Crippen LogP contribution in [0.2, 0.25) is 0 Å². The Labute approximate surface area is 188 Å². The molecule has 31 heavy (non-hydrogen) atoms. The molecule has 0 bridgehead atoms. The maximum absolute atomic E-state index is 12.1. The van der Waals surface area contributed by atoms with E-state index in [0.29, 0.717) is 24.0 Å². The van der Waals surface area contributed by atoms with Crippen LogP contribution in [0.25, 0.3) is 0 Å². The number of carbonyl (C=O) groups is 2. The summed E-state index contributed by atoms with van der Waals surface area (Å²) in [5, 5.41) is 19.7. The summed E-state index contributed by atoms with van der Waals surface area (Å²) in [5.74, 6) is -0.133. The molecule has 1 aliphatic rings. The van der Waals surface area contributed by atoms with Crippen molar-refractivity contribution in [3.05, 3.63) is 58.2 Å². The van der Waals surface area contributed by atoms with Gasteiger partial charge in [-0.1, -0.05) is 34.9 Å². The fourth-order valence-electron chi connectivity index (χ4n) is 3.36. The Morgan fingerprint density at radius 3 is 2.00 bits per heavy atom. The van der Waals surface area contributed by atoms with Gasteiger partial charge in [-0.05, 0) is 98.6 Å². The molecule has 1 atom stereocenters. The number of hydrogen-bond acceptors (Lipinski definition) is 4. The molecule has 1 aliphatic carbocycles. The highest BCUT2D eigenvalue weighted by Gasteiger charge is 2.23. The van der Waals surface area contributed by atoms with E-state index >= 15 is 0 Å². The molecule has 0 amide bonds. The molecule has 0 saturated carbocycles. The molecule has 0 fully saturated rings. The van der Waals surface area contributed by atoms with Crippen LogP contribution in [0.1, 0.15) is 86.5 Å². The number of carbonyl (C=O) groups excluding carboxylic acids is 2. The van der Waals surface area contributed by atoms with Gasteiger partial charge in [0.1, 0.15) is 0 Å². The van der Waals surface area contributed by atoms with Crippen LogP contribution >= 0.6 is 0 Å². The molecule has 0 saturated heterocycles. The summed E-state index contributed by atoms with van der Waals surface area (Å²) in [5.41, 5.74) is 3.86. The number of rotatable bonds is 12. The van der Waals surface area contributed by atoms with Crippen molar-refractivity contribution in [2.45, 2.75) is 98.2 Å². The zero-order valence-corrected chi connectivity index (χ0v) is 20.1. The van der Waals surface area contributed by atoms with E-state index in [-0.39, 0.29) is 11.6 Å². The third-order valence-electron chi connectivity index (χ3n) is 5.69. The Morgan fingerprint density at radius 1 is 0.935 bits per heavy atom. The van der Waals surface area contributed by atoms with Gasteiger partial charge in [0.25, 0.3) is 0 Å². The average molecular weight is 429 g/mol. The minimum Gasteiger partial charge on any atom is -0.390 e. The Hall–Kier alpha value is -2.04. The Balaban J connectivity index is 2.36. The molecule has 0 heterocycles. The molecular formula is C27H40O4. The first-order valence-corrected chi connectivity index (χ1v) is 11.2. The van der Waals surface area contributed by atoms with E-state index in [2.05, 4.69) is 32.9 Å². The lowest BCUT2D eigenvalue weighted by Crippen LogP contribution is -2.35. The molecule has 0 spiro atoms. The van der Waals surface area contributed by atoms with Crippen molar-refractivity contribution in [2.24, 2.45) is 0 Å². The monoisotopic (exact) mass is 428 g/mol. The summed E-state index contributed by atoms with van der Waals surface area (Å²) < 4.78 is 0. The molecule has 4 heteroatoms. The first kappa shape index (κ1) is 27.0. The van der Waals surface area contributed by atoms with Crippen molar-refractivity contribution in [2.75, 3.05) is 0 Å². The van der Waals surface area contributed by atoms with Crippen LogP contribution < -0.4 is 0 Å². The van der Waals surface area contributed by atoms with Crippen LogP contribution in [0.3, 0.4) is 0 Å². The lowest BCUT2D eigenvalue weighted by molar-refractivity contribution is -0.115. The zero-order chi connectivity index (χ0) is 23.6. The summed E-state index contributed by atoms with van der Waals surface area (Å²) in [6, 6.07) is 0. The van der Waals surface area contributed by atoms with E-state index in [1.807, 2.05) is 6.08 Å². The average Bonchev–Trinajstić information content (AvgIpc) is 2.66. The standard InChI is InChI=1S/C27H40O4/c1-19(10-8-12-21(3)14-16-25(29)27(5,6)31)9-7-11-20(2)13-15-23-18-24(28)17-22(4)26(23)30/h9,12-13,17-18,25,29,31H,7-8,10-11,14-16H2,1-6H3. The van der Waals surface area contributed by atoms with Gasteiger partial charge in [0.15, 0.2) is 11.6 Å². The first-order chi connectivity index (χ1) is 14.4. The predicted octanol–water partition coefficient (Wildman–Crippen LogP) is 5.71. The number of Topliss-reactive ketones (excluding diaryl/α,β-unsaturated/α-hetero) is 1. The Bertz CT molecular complexity index is 798. The lowest BCUT2D eigenvalue weighted by atomic mass is 9.94. The van der Waals surface area contributed by atoms with Crippen LogP contribution in [0, 0.1) is 0 Å². The molecule has 1 rings (SSSR count). The highest BCUT2D eigenvalue weighted by Crippen LogP contribution is 2.19. The molecule has 0 aliphatic heterocycles. The van der Waals surface area contributed by atoms with Gasteiger partial charge in [-0.3, -0.25) is 9.59 Å². The van der Waals surface area contributed by atoms with Crippen LogP contribution in [-0.4, -0.2) is 33.5 Å².